The van der Waals surface area contributed by atoms with Gasteiger partial charge in [0.1, 0.15) is 5.82 Å². The van der Waals surface area contributed by atoms with Gasteiger partial charge in [-0.1, -0.05) is 18.1 Å². The summed E-state index contributed by atoms with van der Waals surface area (Å²) in [6.45, 7) is 1.49. The van der Waals surface area contributed by atoms with E-state index in [4.69, 9.17) is 12.2 Å². The van der Waals surface area contributed by atoms with E-state index in [1.54, 1.807) is 5.92 Å². The number of aliphatic hydroxyl groups is 1. The van der Waals surface area contributed by atoms with Crippen LogP contribution in [0.4, 0.5) is 13.2 Å². The van der Waals surface area contributed by atoms with E-state index in [-0.39, 0.29) is 5.56 Å². The fourth-order valence-electron chi connectivity index (χ4n) is 2.32. The number of benzene rings is 1. The van der Waals surface area contributed by atoms with E-state index in [9.17, 15) is 18.3 Å². The second-order valence-corrected chi connectivity index (χ2v) is 5.26. The highest BCUT2D eigenvalue weighted by Gasteiger charge is 2.61. The van der Waals surface area contributed by atoms with Gasteiger partial charge in [-0.25, -0.2) is 4.39 Å². The van der Waals surface area contributed by atoms with E-state index >= 15 is 0 Å². The van der Waals surface area contributed by atoms with Gasteiger partial charge < -0.3 is 10.8 Å². The molecule has 0 bridgehead atoms. The van der Waals surface area contributed by atoms with E-state index in [1.165, 1.54) is 19.1 Å². The lowest BCUT2D eigenvalue weighted by Crippen LogP contribution is -2.47. The Bertz CT molecular complexity index is 561. The van der Waals surface area contributed by atoms with Gasteiger partial charge in [0, 0.05) is 17.5 Å². The standard InChI is InChI=1S/C15H16F3NO/c1-3-14(20,10-7-8-10)15(17,18)12-6-4-5-11(9(2)19)13(12)16/h1,4-6,9-10,20H,7-8,19H2,2H3/t9-,14+/m1/s1. The summed E-state index contributed by atoms with van der Waals surface area (Å²) in [5.74, 6) is -3.92. The third-order valence-corrected chi connectivity index (χ3v) is 3.72. The van der Waals surface area contributed by atoms with Crippen molar-refractivity contribution in [1.29, 1.82) is 0 Å². The van der Waals surface area contributed by atoms with Gasteiger partial charge in [-0.3, -0.25) is 0 Å². The molecule has 1 aliphatic rings. The lowest BCUT2D eigenvalue weighted by molar-refractivity contribution is -0.168. The van der Waals surface area contributed by atoms with E-state index in [0.717, 1.165) is 6.07 Å². The lowest BCUT2D eigenvalue weighted by Gasteiger charge is -2.32. The number of rotatable bonds is 4. The summed E-state index contributed by atoms with van der Waals surface area (Å²) in [7, 11) is 0. The zero-order valence-corrected chi connectivity index (χ0v) is 11.0. The molecule has 0 aliphatic heterocycles. The molecule has 0 aromatic heterocycles. The minimum Gasteiger partial charge on any atom is -0.371 e. The molecule has 0 unspecified atom stereocenters. The first-order valence-corrected chi connectivity index (χ1v) is 6.38. The summed E-state index contributed by atoms with van der Waals surface area (Å²) in [6, 6.07) is 2.83. The molecule has 2 atom stereocenters. The van der Waals surface area contributed by atoms with Gasteiger partial charge in [0.15, 0.2) is 5.60 Å². The van der Waals surface area contributed by atoms with Crippen LogP contribution in [0.15, 0.2) is 18.2 Å². The molecule has 0 spiro atoms. The maximum Gasteiger partial charge on any atom is 0.315 e. The SMILES string of the molecule is C#C[C@](O)(C1CC1)C(F)(F)c1cccc([C@@H](C)N)c1F. The van der Waals surface area contributed by atoms with Crippen molar-refractivity contribution in [2.75, 3.05) is 0 Å². The molecule has 1 aromatic carbocycles. The highest BCUT2D eigenvalue weighted by molar-refractivity contribution is 5.36. The zero-order valence-electron chi connectivity index (χ0n) is 11.0. The third kappa shape index (κ3) is 2.09. The maximum absolute atomic E-state index is 14.5. The van der Waals surface area contributed by atoms with Crippen molar-refractivity contribution in [3.05, 3.63) is 35.1 Å². The van der Waals surface area contributed by atoms with Gasteiger partial charge in [-0.05, 0) is 25.8 Å². The number of hydrogen-bond donors (Lipinski definition) is 2. The Balaban J connectivity index is 2.55. The Morgan fingerprint density at radius 1 is 1.45 bits per heavy atom. The fourth-order valence-corrected chi connectivity index (χ4v) is 2.32. The number of hydrogen-bond acceptors (Lipinski definition) is 2. The first-order chi connectivity index (χ1) is 9.25. The molecule has 1 fully saturated rings. The number of alkyl halides is 2. The molecule has 0 saturated heterocycles. The molecule has 5 heteroatoms. The monoisotopic (exact) mass is 283 g/mol. The Labute approximate surface area is 115 Å². The Hall–Kier alpha value is -1.51. The largest absolute Gasteiger partial charge is 0.371 e. The number of halogens is 3. The van der Waals surface area contributed by atoms with Crippen molar-refractivity contribution in [1.82, 2.24) is 0 Å². The highest BCUT2D eigenvalue weighted by atomic mass is 19.3. The average molecular weight is 283 g/mol. The van der Waals surface area contributed by atoms with Crippen molar-refractivity contribution in [3.8, 4) is 12.3 Å². The van der Waals surface area contributed by atoms with E-state index in [1.807, 2.05) is 0 Å². The summed E-state index contributed by atoms with van der Waals surface area (Å²) in [5.41, 5.74) is 1.96. The second kappa shape index (κ2) is 4.80. The van der Waals surface area contributed by atoms with Crippen LogP contribution >= 0.6 is 0 Å². The Kier molecular flexibility index (Phi) is 3.57. The summed E-state index contributed by atoms with van der Waals surface area (Å²) in [5, 5.41) is 10.1. The van der Waals surface area contributed by atoms with E-state index < -0.39 is 34.9 Å². The third-order valence-electron chi connectivity index (χ3n) is 3.72. The zero-order chi connectivity index (χ0) is 15.1. The summed E-state index contributed by atoms with van der Waals surface area (Å²) in [4.78, 5) is 0. The van der Waals surface area contributed by atoms with E-state index in [0.29, 0.717) is 12.8 Å². The van der Waals surface area contributed by atoms with Crippen molar-refractivity contribution < 1.29 is 18.3 Å². The van der Waals surface area contributed by atoms with Crippen LogP contribution in [0.25, 0.3) is 0 Å². The van der Waals surface area contributed by atoms with Crippen molar-refractivity contribution in [2.24, 2.45) is 11.7 Å². The van der Waals surface area contributed by atoms with Gasteiger partial charge in [0.25, 0.3) is 0 Å². The molecule has 2 nitrogen and oxygen atoms in total. The molecule has 1 saturated carbocycles. The molecule has 2 rings (SSSR count). The van der Waals surface area contributed by atoms with Crippen molar-refractivity contribution >= 4 is 0 Å². The van der Waals surface area contributed by atoms with Crippen LogP contribution in [0.3, 0.4) is 0 Å². The normalized spacial score (nSPS) is 20.1. The van der Waals surface area contributed by atoms with Crippen LogP contribution in [-0.2, 0) is 5.92 Å². The van der Waals surface area contributed by atoms with Gasteiger partial charge in [0.05, 0.1) is 5.56 Å². The van der Waals surface area contributed by atoms with Crippen LogP contribution in [0.5, 0.6) is 0 Å². The van der Waals surface area contributed by atoms with Gasteiger partial charge in [0.2, 0.25) is 0 Å². The second-order valence-electron chi connectivity index (χ2n) is 5.26. The van der Waals surface area contributed by atoms with Gasteiger partial charge in [-0.2, -0.15) is 8.78 Å². The maximum atomic E-state index is 14.5. The molecule has 1 aliphatic carbocycles. The highest BCUT2D eigenvalue weighted by Crippen LogP contribution is 2.52. The Morgan fingerprint density at radius 3 is 2.50 bits per heavy atom. The number of nitrogens with two attached hydrogens (primary N) is 1. The van der Waals surface area contributed by atoms with Crippen LogP contribution in [-0.4, -0.2) is 10.7 Å². The van der Waals surface area contributed by atoms with Gasteiger partial charge >= 0.3 is 5.92 Å². The summed E-state index contributed by atoms with van der Waals surface area (Å²) in [6.07, 6.45) is 5.91. The minimum atomic E-state index is -3.86. The Morgan fingerprint density at radius 2 is 2.05 bits per heavy atom. The van der Waals surface area contributed by atoms with Crippen LogP contribution in [0, 0.1) is 24.1 Å². The molecular formula is C15H16F3NO. The summed E-state index contributed by atoms with van der Waals surface area (Å²) >= 11 is 0. The molecule has 0 heterocycles. The predicted octanol–water partition coefficient (Wildman–Crippen LogP) is 2.71. The summed E-state index contributed by atoms with van der Waals surface area (Å²) < 4.78 is 43.3. The molecule has 20 heavy (non-hydrogen) atoms. The number of terminal acetylenes is 1. The topological polar surface area (TPSA) is 46.2 Å². The van der Waals surface area contributed by atoms with Crippen LogP contribution in [0.1, 0.15) is 36.9 Å². The van der Waals surface area contributed by atoms with Gasteiger partial charge in [-0.15, -0.1) is 6.42 Å². The average Bonchev–Trinajstić information content (AvgIpc) is 3.21. The van der Waals surface area contributed by atoms with Crippen LogP contribution < -0.4 is 5.73 Å². The fraction of sp³-hybridized carbons (Fsp3) is 0.467. The minimum absolute atomic E-state index is 0.0302. The molecule has 0 amide bonds. The first-order valence-electron chi connectivity index (χ1n) is 6.38. The lowest BCUT2D eigenvalue weighted by atomic mass is 9.85. The molecule has 0 radical (unpaired) electrons. The molecule has 1 aromatic rings. The first kappa shape index (κ1) is 14.9. The predicted molar refractivity (Wildman–Crippen MR) is 69.4 cm³/mol. The molecule has 108 valence electrons. The smallest absolute Gasteiger partial charge is 0.315 e. The molecular weight excluding hydrogens is 267 g/mol. The van der Waals surface area contributed by atoms with Crippen LogP contribution in [0.2, 0.25) is 0 Å². The quantitative estimate of drug-likeness (QED) is 0.835. The van der Waals surface area contributed by atoms with Crippen molar-refractivity contribution in [2.45, 2.75) is 37.3 Å². The van der Waals surface area contributed by atoms with Crippen molar-refractivity contribution in [3.63, 3.8) is 0 Å². The van der Waals surface area contributed by atoms with E-state index in [2.05, 4.69) is 0 Å². The molecule has 3 N–H and O–H groups in total.